The molecule has 1 atom stereocenters. The maximum atomic E-state index is 13.6. The number of tetrazole rings is 1. The second-order valence-electron chi connectivity index (χ2n) is 10.4. The zero-order valence-electron chi connectivity index (χ0n) is 23.0. The number of aromatic hydroxyl groups is 1. The van der Waals surface area contributed by atoms with Gasteiger partial charge in [-0.2, -0.15) is 0 Å². The first-order chi connectivity index (χ1) is 18.7. The van der Waals surface area contributed by atoms with Crippen molar-refractivity contribution in [2.24, 2.45) is 0 Å². The molecule has 0 amide bonds. The second kappa shape index (κ2) is 10.6. The van der Waals surface area contributed by atoms with Crippen molar-refractivity contribution in [3.8, 4) is 17.2 Å². The van der Waals surface area contributed by atoms with Crippen LogP contribution < -0.4 is 19.9 Å². The minimum absolute atomic E-state index is 0.204. The van der Waals surface area contributed by atoms with E-state index in [2.05, 4.69) is 51.1 Å². The molecular formula is C28H35N7O4. The number of phenolic OH excluding ortho intramolecular Hbond substituents is 1. The lowest BCUT2D eigenvalue weighted by atomic mass is 9.98. The van der Waals surface area contributed by atoms with Gasteiger partial charge in [0.25, 0.3) is 5.56 Å². The molecule has 3 heterocycles. The molecular weight excluding hydrogens is 498 g/mol. The summed E-state index contributed by atoms with van der Waals surface area (Å²) >= 11 is 0. The molecule has 5 rings (SSSR count). The van der Waals surface area contributed by atoms with Crippen molar-refractivity contribution in [3.63, 3.8) is 0 Å². The largest absolute Gasteiger partial charge is 0.508 e. The lowest BCUT2D eigenvalue weighted by Gasteiger charge is -2.40. The number of nitrogens with zero attached hydrogens (tertiary/aromatic N) is 6. The van der Waals surface area contributed by atoms with Crippen molar-refractivity contribution in [1.29, 1.82) is 0 Å². The lowest BCUT2D eigenvalue weighted by Crippen LogP contribution is -2.49. The number of hydrogen-bond donors (Lipinski definition) is 2. The summed E-state index contributed by atoms with van der Waals surface area (Å²) in [7, 11) is 3.16. The predicted octanol–water partition coefficient (Wildman–Crippen LogP) is 3.29. The summed E-state index contributed by atoms with van der Waals surface area (Å²) in [4.78, 5) is 21.2. The van der Waals surface area contributed by atoms with Crippen LogP contribution in [0.1, 0.15) is 44.6 Å². The van der Waals surface area contributed by atoms with E-state index in [1.807, 2.05) is 28.9 Å². The molecule has 206 valence electrons. The number of fused-ring (bicyclic) bond motifs is 1. The molecule has 2 N–H and O–H groups in total. The Morgan fingerprint density at radius 3 is 2.33 bits per heavy atom. The Hall–Kier alpha value is -4.12. The Bertz CT molecular complexity index is 1500. The normalized spacial score (nSPS) is 15.5. The first-order valence-corrected chi connectivity index (χ1v) is 13.1. The van der Waals surface area contributed by atoms with Crippen molar-refractivity contribution in [2.75, 3.05) is 45.3 Å². The standard InChI is InChI=1S/C28H35N7O4/c1-6-28(2,3)35-26(30-31-32-35)25(34-13-11-33(12-14-34)19-7-9-20(36)10-8-19)21-15-18-16-23(38-4)24(39-5)17-22(18)29-27(21)37/h7-10,15-17,25,36H,6,11-14H2,1-5H3,(H,29,37). The maximum Gasteiger partial charge on any atom is 0.253 e. The highest BCUT2D eigenvalue weighted by atomic mass is 16.5. The van der Waals surface area contributed by atoms with Gasteiger partial charge < -0.3 is 24.5 Å². The number of H-pyrrole nitrogens is 1. The number of methoxy groups -OCH3 is 2. The summed E-state index contributed by atoms with van der Waals surface area (Å²) in [6.07, 6.45) is 0.817. The van der Waals surface area contributed by atoms with Crippen LogP contribution in [0, 0.1) is 0 Å². The molecule has 39 heavy (non-hydrogen) atoms. The quantitative estimate of drug-likeness (QED) is 0.351. The van der Waals surface area contributed by atoms with Gasteiger partial charge in [0.2, 0.25) is 0 Å². The molecule has 1 fully saturated rings. The Morgan fingerprint density at radius 1 is 1.03 bits per heavy atom. The Labute approximate surface area is 227 Å². The van der Waals surface area contributed by atoms with E-state index in [-0.39, 0.29) is 16.8 Å². The summed E-state index contributed by atoms with van der Waals surface area (Å²) in [5.74, 6) is 2.00. The lowest BCUT2D eigenvalue weighted by molar-refractivity contribution is 0.186. The molecule has 0 spiro atoms. The summed E-state index contributed by atoms with van der Waals surface area (Å²) < 4.78 is 12.8. The van der Waals surface area contributed by atoms with Gasteiger partial charge in [-0.3, -0.25) is 9.69 Å². The van der Waals surface area contributed by atoms with E-state index in [0.717, 1.165) is 30.6 Å². The number of ether oxygens (including phenoxy) is 2. The topological polar surface area (TPSA) is 122 Å². The molecule has 1 aliphatic rings. The van der Waals surface area contributed by atoms with Crippen molar-refractivity contribution in [2.45, 2.75) is 38.8 Å². The van der Waals surface area contributed by atoms with E-state index >= 15 is 0 Å². The third-order valence-corrected chi connectivity index (χ3v) is 7.74. The Kier molecular flexibility index (Phi) is 7.17. The Balaban J connectivity index is 1.58. The molecule has 11 heteroatoms. The van der Waals surface area contributed by atoms with Crippen LogP contribution in [0.2, 0.25) is 0 Å². The summed E-state index contributed by atoms with van der Waals surface area (Å²) in [5, 5.41) is 23.4. The van der Waals surface area contributed by atoms with Crippen LogP contribution in [0.15, 0.2) is 47.3 Å². The molecule has 0 aliphatic carbocycles. The molecule has 0 saturated carbocycles. The number of hydrogen-bond acceptors (Lipinski definition) is 9. The van der Waals surface area contributed by atoms with E-state index in [0.29, 0.717) is 41.5 Å². The van der Waals surface area contributed by atoms with Crippen molar-refractivity contribution >= 4 is 16.6 Å². The number of aromatic nitrogens is 5. The fourth-order valence-electron chi connectivity index (χ4n) is 5.10. The number of benzene rings is 2. The average Bonchev–Trinajstić information content (AvgIpc) is 3.44. The molecule has 2 aromatic carbocycles. The van der Waals surface area contributed by atoms with Gasteiger partial charge in [-0.25, -0.2) is 4.68 Å². The van der Waals surface area contributed by atoms with E-state index < -0.39 is 6.04 Å². The van der Waals surface area contributed by atoms with Gasteiger partial charge >= 0.3 is 0 Å². The number of aromatic amines is 1. The van der Waals surface area contributed by atoms with Crippen molar-refractivity contribution in [3.05, 3.63) is 64.2 Å². The zero-order chi connectivity index (χ0) is 27.7. The highest BCUT2D eigenvalue weighted by Crippen LogP contribution is 2.35. The van der Waals surface area contributed by atoms with Crippen LogP contribution in [0.3, 0.4) is 0 Å². The minimum atomic E-state index is -0.464. The molecule has 2 aromatic heterocycles. The smallest absolute Gasteiger partial charge is 0.253 e. The number of pyridine rings is 1. The SMILES string of the molecule is CCC(C)(C)n1nnnc1C(c1cc2cc(OC)c(OC)cc2[nH]c1=O)N1CCN(c2ccc(O)cc2)CC1. The molecule has 4 aromatic rings. The minimum Gasteiger partial charge on any atom is -0.508 e. The van der Waals surface area contributed by atoms with Crippen LogP contribution >= 0.6 is 0 Å². The summed E-state index contributed by atoms with van der Waals surface area (Å²) in [6.45, 7) is 9.15. The third-order valence-electron chi connectivity index (χ3n) is 7.74. The molecule has 11 nitrogen and oxygen atoms in total. The Morgan fingerprint density at radius 2 is 1.69 bits per heavy atom. The third kappa shape index (κ3) is 5.01. The van der Waals surface area contributed by atoms with Crippen LogP contribution in [0.25, 0.3) is 10.9 Å². The van der Waals surface area contributed by atoms with Crippen molar-refractivity contribution < 1.29 is 14.6 Å². The number of rotatable bonds is 8. The van der Waals surface area contributed by atoms with E-state index in [4.69, 9.17) is 9.47 Å². The highest BCUT2D eigenvalue weighted by Gasteiger charge is 2.35. The van der Waals surface area contributed by atoms with Gasteiger partial charge in [0.15, 0.2) is 17.3 Å². The number of nitrogens with one attached hydrogen (secondary N) is 1. The van der Waals surface area contributed by atoms with Crippen LogP contribution in [-0.4, -0.2) is 75.6 Å². The van der Waals surface area contributed by atoms with Crippen molar-refractivity contribution in [1.82, 2.24) is 30.1 Å². The van der Waals surface area contributed by atoms with Crippen LogP contribution in [0.5, 0.6) is 17.2 Å². The van der Waals surface area contributed by atoms with Gasteiger partial charge in [0.1, 0.15) is 11.8 Å². The zero-order valence-corrected chi connectivity index (χ0v) is 23.0. The van der Waals surface area contributed by atoms with Gasteiger partial charge in [0, 0.05) is 48.9 Å². The maximum absolute atomic E-state index is 13.6. The first-order valence-electron chi connectivity index (χ1n) is 13.1. The van der Waals surface area contributed by atoms with Gasteiger partial charge in [-0.05, 0) is 67.1 Å². The fourth-order valence-corrected chi connectivity index (χ4v) is 5.10. The number of phenols is 1. The van der Waals surface area contributed by atoms with Gasteiger partial charge in [-0.1, -0.05) is 6.92 Å². The fraction of sp³-hybridized carbons (Fsp3) is 0.429. The molecule has 1 saturated heterocycles. The monoisotopic (exact) mass is 533 g/mol. The second-order valence-corrected chi connectivity index (χ2v) is 10.4. The molecule has 0 radical (unpaired) electrons. The number of anilines is 1. The van der Waals surface area contributed by atoms with E-state index in [9.17, 15) is 9.90 Å². The number of piperazine rings is 1. The molecule has 0 bridgehead atoms. The van der Waals surface area contributed by atoms with Crippen LogP contribution in [0.4, 0.5) is 5.69 Å². The van der Waals surface area contributed by atoms with Gasteiger partial charge in [-0.15, -0.1) is 5.10 Å². The summed E-state index contributed by atoms with van der Waals surface area (Å²) in [5.41, 5.74) is 1.72. The molecule has 1 unspecified atom stereocenters. The van der Waals surface area contributed by atoms with E-state index in [1.54, 1.807) is 32.4 Å². The molecule has 1 aliphatic heterocycles. The highest BCUT2D eigenvalue weighted by molar-refractivity contribution is 5.83. The predicted molar refractivity (Wildman–Crippen MR) is 149 cm³/mol. The summed E-state index contributed by atoms with van der Waals surface area (Å²) in [6, 6.07) is 12.3. The van der Waals surface area contributed by atoms with Gasteiger partial charge in [0.05, 0.1) is 25.3 Å². The van der Waals surface area contributed by atoms with E-state index in [1.165, 1.54) is 0 Å². The van der Waals surface area contributed by atoms with Crippen LogP contribution in [-0.2, 0) is 5.54 Å². The average molecular weight is 534 g/mol. The first kappa shape index (κ1) is 26.5.